The van der Waals surface area contributed by atoms with Crippen molar-refractivity contribution in [3.05, 3.63) is 35.1 Å². The molecule has 0 amide bonds. The van der Waals surface area contributed by atoms with Gasteiger partial charge in [-0.15, -0.1) is 0 Å². The monoisotopic (exact) mass is 262 g/mol. The van der Waals surface area contributed by atoms with E-state index in [0.29, 0.717) is 38.0 Å². The zero-order valence-corrected chi connectivity index (χ0v) is 10.5. The van der Waals surface area contributed by atoms with E-state index in [-0.39, 0.29) is 11.5 Å². The van der Waals surface area contributed by atoms with Gasteiger partial charge in [0.05, 0.1) is 11.5 Å². The van der Waals surface area contributed by atoms with Gasteiger partial charge in [-0.3, -0.25) is 9.69 Å². The van der Waals surface area contributed by atoms with E-state index in [4.69, 9.17) is 10.4 Å². The van der Waals surface area contributed by atoms with Crippen LogP contribution in [0.15, 0.2) is 18.2 Å². The number of nitriles is 1. The Balaban J connectivity index is 2.00. The second-order valence-electron chi connectivity index (χ2n) is 4.78. The van der Waals surface area contributed by atoms with Crippen molar-refractivity contribution in [2.24, 2.45) is 5.92 Å². The Morgan fingerprint density at radius 2 is 2.16 bits per heavy atom. The number of hydrogen-bond acceptors (Lipinski definition) is 3. The van der Waals surface area contributed by atoms with E-state index in [9.17, 15) is 9.18 Å². The van der Waals surface area contributed by atoms with E-state index in [1.807, 2.05) is 11.0 Å². The second-order valence-corrected chi connectivity index (χ2v) is 4.78. The molecular formula is C14H15FN2O2. The molecule has 1 aliphatic rings. The Morgan fingerprint density at radius 1 is 1.47 bits per heavy atom. The van der Waals surface area contributed by atoms with Crippen LogP contribution < -0.4 is 0 Å². The molecule has 0 unspecified atom stereocenters. The van der Waals surface area contributed by atoms with Crippen molar-refractivity contribution >= 4 is 5.97 Å². The summed E-state index contributed by atoms with van der Waals surface area (Å²) in [4.78, 5) is 12.9. The standard InChI is InChI=1S/C14H15FN2O2/c15-13-11(8-16)2-1-3-12(13)9-17-6-4-10(5-7-17)14(18)19/h1-3,10H,4-7,9H2,(H,18,19). The van der Waals surface area contributed by atoms with Crippen molar-refractivity contribution < 1.29 is 14.3 Å². The molecule has 4 nitrogen and oxygen atoms in total. The summed E-state index contributed by atoms with van der Waals surface area (Å²) in [6.07, 6.45) is 1.18. The summed E-state index contributed by atoms with van der Waals surface area (Å²) in [6, 6.07) is 6.61. The molecule has 1 heterocycles. The minimum Gasteiger partial charge on any atom is -0.481 e. The van der Waals surface area contributed by atoms with Crippen molar-refractivity contribution in [3.8, 4) is 6.07 Å². The number of carboxylic acid groups (broad SMARTS) is 1. The van der Waals surface area contributed by atoms with Crippen LogP contribution in [-0.2, 0) is 11.3 Å². The van der Waals surface area contributed by atoms with Gasteiger partial charge in [0.15, 0.2) is 0 Å². The van der Waals surface area contributed by atoms with Gasteiger partial charge in [-0.05, 0) is 32.0 Å². The van der Waals surface area contributed by atoms with Crippen LogP contribution >= 0.6 is 0 Å². The van der Waals surface area contributed by atoms with E-state index in [1.54, 1.807) is 12.1 Å². The van der Waals surface area contributed by atoms with Gasteiger partial charge in [-0.1, -0.05) is 12.1 Å². The molecule has 0 aliphatic carbocycles. The van der Waals surface area contributed by atoms with Crippen LogP contribution in [0.25, 0.3) is 0 Å². The molecule has 0 atom stereocenters. The van der Waals surface area contributed by atoms with Gasteiger partial charge in [0.1, 0.15) is 11.9 Å². The first-order valence-corrected chi connectivity index (χ1v) is 6.24. The van der Waals surface area contributed by atoms with Gasteiger partial charge in [0.2, 0.25) is 0 Å². The summed E-state index contributed by atoms with van der Waals surface area (Å²) in [6.45, 7) is 1.72. The highest BCUT2D eigenvalue weighted by Crippen LogP contribution is 2.21. The molecule has 1 aromatic rings. The molecule has 19 heavy (non-hydrogen) atoms. The fraction of sp³-hybridized carbons (Fsp3) is 0.429. The van der Waals surface area contributed by atoms with Gasteiger partial charge >= 0.3 is 5.97 Å². The van der Waals surface area contributed by atoms with Crippen LogP contribution in [0.5, 0.6) is 0 Å². The summed E-state index contributed by atoms with van der Waals surface area (Å²) in [5, 5.41) is 17.7. The number of aliphatic carboxylic acids is 1. The van der Waals surface area contributed by atoms with E-state index in [0.717, 1.165) is 0 Å². The maximum absolute atomic E-state index is 13.9. The van der Waals surface area contributed by atoms with Gasteiger partial charge in [-0.2, -0.15) is 5.26 Å². The lowest BCUT2D eigenvalue weighted by atomic mass is 9.96. The number of carbonyl (C=O) groups is 1. The zero-order chi connectivity index (χ0) is 13.8. The average molecular weight is 262 g/mol. The summed E-state index contributed by atoms with van der Waals surface area (Å²) in [7, 11) is 0. The average Bonchev–Trinajstić information content (AvgIpc) is 2.42. The Kier molecular flexibility index (Phi) is 4.13. The van der Waals surface area contributed by atoms with Gasteiger partial charge < -0.3 is 5.11 Å². The Bertz CT molecular complexity index is 517. The van der Waals surface area contributed by atoms with Gasteiger partial charge in [-0.25, -0.2) is 4.39 Å². The lowest BCUT2D eigenvalue weighted by Crippen LogP contribution is -2.36. The molecule has 1 aliphatic heterocycles. The number of rotatable bonds is 3. The maximum Gasteiger partial charge on any atom is 0.306 e. The minimum atomic E-state index is -0.752. The van der Waals surface area contributed by atoms with Gasteiger partial charge in [0, 0.05) is 12.1 Å². The third-order valence-corrected chi connectivity index (χ3v) is 3.53. The molecule has 1 aromatic carbocycles. The topological polar surface area (TPSA) is 64.3 Å². The SMILES string of the molecule is N#Cc1cccc(CN2CCC(C(=O)O)CC2)c1F. The fourth-order valence-corrected chi connectivity index (χ4v) is 2.37. The second kappa shape index (κ2) is 5.81. The largest absolute Gasteiger partial charge is 0.481 e. The van der Waals surface area contributed by atoms with Crippen LogP contribution in [0.4, 0.5) is 4.39 Å². The van der Waals surface area contributed by atoms with Crippen molar-refractivity contribution in [2.45, 2.75) is 19.4 Å². The summed E-state index contributed by atoms with van der Waals surface area (Å²) >= 11 is 0. The molecule has 1 saturated heterocycles. The number of carboxylic acids is 1. The minimum absolute atomic E-state index is 0.0536. The Hall–Kier alpha value is -1.93. The predicted octanol–water partition coefficient (Wildman–Crippen LogP) is 1.99. The molecule has 1 fully saturated rings. The zero-order valence-electron chi connectivity index (χ0n) is 10.5. The summed E-state index contributed by atoms with van der Waals surface area (Å²) < 4.78 is 13.9. The third-order valence-electron chi connectivity index (χ3n) is 3.53. The highest BCUT2D eigenvalue weighted by Gasteiger charge is 2.24. The van der Waals surface area contributed by atoms with Crippen molar-refractivity contribution in [2.75, 3.05) is 13.1 Å². The molecule has 0 spiro atoms. The molecule has 0 bridgehead atoms. The first-order chi connectivity index (χ1) is 9.11. The highest BCUT2D eigenvalue weighted by atomic mass is 19.1. The van der Waals surface area contributed by atoms with E-state index >= 15 is 0 Å². The van der Waals surface area contributed by atoms with Crippen molar-refractivity contribution in [1.29, 1.82) is 5.26 Å². The molecule has 100 valence electrons. The number of piperidine rings is 1. The predicted molar refractivity (Wildman–Crippen MR) is 66.8 cm³/mol. The first-order valence-electron chi connectivity index (χ1n) is 6.24. The third kappa shape index (κ3) is 3.09. The number of nitrogens with zero attached hydrogens (tertiary/aromatic N) is 2. The maximum atomic E-state index is 13.9. The quantitative estimate of drug-likeness (QED) is 0.904. The smallest absolute Gasteiger partial charge is 0.306 e. The Morgan fingerprint density at radius 3 is 2.74 bits per heavy atom. The molecule has 2 rings (SSSR count). The first kappa shape index (κ1) is 13.5. The summed E-state index contributed by atoms with van der Waals surface area (Å²) in [5.74, 6) is -1.51. The van der Waals surface area contributed by atoms with Crippen LogP contribution in [0.1, 0.15) is 24.0 Å². The fourth-order valence-electron chi connectivity index (χ4n) is 2.37. The molecule has 0 aromatic heterocycles. The lowest BCUT2D eigenvalue weighted by Gasteiger charge is -2.30. The van der Waals surface area contributed by atoms with E-state index < -0.39 is 11.8 Å². The number of halogens is 1. The van der Waals surface area contributed by atoms with Crippen LogP contribution in [-0.4, -0.2) is 29.1 Å². The van der Waals surface area contributed by atoms with Crippen molar-refractivity contribution in [3.63, 3.8) is 0 Å². The Labute approximate surface area is 111 Å². The molecule has 1 N–H and O–H groups in total. The molecule has 0 saturated carbocycles. The summed E-state index contributed by atoms with van der Waals surface area (Å²) in [5.41, 5.74) is 0.547. The van der Waals surface area contributed by atoms with Crippen LogP contribution in [0.3, 0.4) is 0 Å². The molecule has 0 radical (unpaired) electrons. The number of hydrogen-bond donors (Lipinski definition) is 1. The van der Waals surface area contributed by atoms with E-state index in [2.05, 4.69) is 0 Å². The lowest BCUT2D eigenvalue weighted by molar-refractivity contribution is -0.143. The number of benzene rings is 1. The number of likely N-dealkylation sites (tertiary alicyclic amines) is 1. The van der Waals surface area contributed by atoms with Crippen LogP contribution in [0, 0.1) is 23.1 Å². The van der Waals surface area contributed by atoms with Gasteiger partial charge in [0.25, 0.3) is 0 Å². The normalized spacial score (nSPS) is 17.1. The molecular weight excluding hydrogens is 247 g/mol. The van der Waals surface area contributed by atoms with E-state index in [1.165, 1.54) is 6.07 Å². The van der Waals surface area contributed by atoms with Crippen molar-refractivity contribution in [1.82, 2.24) is 4.90 Å². The molecule has 5 heteroatoms. The highest BCUT2D eigenvalue weighted by molar-refractivity contribution is 5.70. The van der Waals surface area contributed by atoms with Crippen LogP contribution in [0.2, 0.25) is 0 Å².